The number of benzene rings is 2. The largest absolute Gasteiger partial charge is 0.497 e. The minimum absolute atomic E-state index is 0.0504. The van der Waals surface area contributed by atoms with Crippen LogP contribution in [0.25, 0.3) is 5.69 Å². The summed E-state index contributed by atoms with van der Waals surface area (Å²) in [5.74, 6) is -0.755. The number of nitrogens with two attached hydrogens (primary N) is 1. The Balaban J connectivity index is 1.55. The minimum Gasteiger partial charge on any atom is -0.497 e. The number of nitrogens with zero attached hydrogens (tertiary/aromatic N) is 3. The van der Waals surface area contributed by atoms with Crippen molar-refractivity contribution in [1.29, 1.82) is 0 Å². The van der Waals surface area contributed by atoms with E-state index in [0.717, 1.165) is 4.90 Å². The van der Waals surface area contributed by atoms with Gasteiger partial charge in [0.1, 0.15) is 5.75 Å². The van der Waals surface area contributed by atoms with Crippen molar-refractivity contribution < 1.29 is 28.3 Å². The molecule has 0 aliphatic carbocycles. The van der Waals surface area contributed by atoms with Gasteiger partial charge in [-0.15, -0.1) is 0 Å². The fourth-order valence-electron chi connectivity index (χ4n) is 3.72. The lowest BCUT2D eigenvalue weighted by Crippen LogP contribution is -2.45. The third-order valence-corrected chi connectivity index (χ3v) is 5.53. The molecule has 2 heterocycles. The summed E-state index contributed by atoms with van der Waals surface area (Å²) in [7, 11) is 3.21. The smallest absolute Gasteiger partial charge is 0.431 e. The first kappa shape index (κ1) is 22.0. The predicted molar refractivity (Wildman–Crippen MR) is 115 cm³/mol. The highest BCUT2D eigenvalue weighted by molar-refractivity contribution is 6.22. The molecule has 33 heavy (non-hydrogen) atoms. The molecule has 170 valence electrons. The molecule has 1 unspecified atom stereocenters. The number of ether oxygens (including phenoxy) is 1. The van der Waals surface area contributed by atoms with Crippen molar-refractivity contribution in [3.8, 4) is 11.4 Å². The fraction of sp³-hybridized carbons (Fsp3) is 0.227. The molecule has 1 fully saturated rings. The first-order valence-corrected chi connectivity index (χ1v) is 10.0. The topological polar surface area (TPSA) is 143 Å². The van der Waals surface area contributed by atoms with E-state index in [1.54, 1.807) is 43.3 Å². The molecule has 2 aromatic carbocycles. The molecule has 11 heteroatoms. The lowest BCUT2D eigenvalue weighted by Gasteiger charge is -2.21. The highest BCUT2D eigenvalue weighted by Crippen LogP contribution is 2.26. The van der Waals surface area contributed by atoms with Gasteiger partial charge in [0.2, 0.25) is 17.5 Å². The highest BCUT2D eigenvalue weighted by Gasteiger charge is 2.43. The number of rotatable bonds is 7. The summed E-state index contributed by atoms with van der Waals surface area (Å²) in [6.07, 6.45) is -0.0504. The van der Waals surface area contributed by atoms with Gasteiger partial charge in [-0.2, -0.15) is 0 Å². The number of likely N-dealkylation sites (N-methyl/N-ethyl adjacent to an activating group) is 1. The van der Waals surface area contributed by atoms with Gasteiger partial charge in [0, 0.05) is 17.7 Å². The fourth-order valence-corrected chi connectivity index (χ4v) is 3.72. The highest BCUT2D eigenvalue weighted by atomic mass is 16.5. The van der Waals surface area contributed by atoms with Gasteiger partial charge >= 0.3 is 11.3 Å². The molecule has 3 amide bonds. The zero-order valence-corrected chi connectivity index (χ0v) is 18.0. The van der Waals surface area contributed by atoms with E-state index in [-0.39, 0.29) is 30.1 Å². The average Bonchev–Trinajstić information content (AvgIpc) is 3.32. The number of hydrogen-bond donors (Lipinski definition) is 2. The van der Waals surface area contributed by atoms with Crippen LogP contribution in [0.2, 0.25) is 0 Å². The number of amides is 3. The normalized spacial score (nSPS) is 16.0. The van der Waals surface area contributed by atoms with E-state index in [1.165, 1.54) is 28.9 Å². The maximum Gasteiger partial charge on any atom is 0.431 e. The first-order chi connectivity index (χ1) is 15.8. The molecule has 1 aliphatic heterocycles. The molecule has 1 aromatic heterocycles. The van der Waals surface area contributed by atoms with Crippen molar-refractivity contribution in [2.45, 2.75) is 19.0 Å². The van der Waals surface area contributed by atoms with Crippen LogP contribution in [0.3, 0.4) is 0 Å². The molecule has 4 rings (SSSR count). The van der Waals surface area contributed by atoms with Crippen molar-refractivity contribution in [3.63, 3.8) is 0 Å². The maximum absolute atomic E-state index is 13.1. The second kappa shape index (κ2) is 8.71. The second-order valence-electron chi connectivity index (χ2n) is 7.57. The molecule has 0 radical (unpaired) electrons. The van der Waals surface area contributed by atoms with E-state index >= 15 is 0 Å². The van der Waals surface area contributed by atoms with Gasteiger partial charge < -0.3 is 10.5 Å². The van der Waals surface area contributed by atoms with Gasteiger partial charge in [0.05, 0.1) is 31.8 Å². The molecule has 11 nitrogen and oxygen atoms in total. The molecule has 0 bridgehead atoms. The summed E-state index contributed by atoms with van der Waals surface area (Å²) < 4.78 is 11.6. The Labute approximate surface area is 187 Å². The van der Waals surface area contributed by atoms with E-state index in [9.17, 15) is 19.2 Å². The zero-order chi connectivity index (χ0) is 23.7. The summed E-state index contributed by atoms with van der Waals surface area (Å²) in [6, 6.07) is 12.1. The molecule has 0 spiro atoms. The minimum atomic E-state index is -0.771. The summed E-state index contributed by atoms with van der Waals surface area (Å²) in [5, 5.41) is 2.55. The SMILES string of the molecule is COc1ccc(-[n+]2[nH]oc(=O)c2CN(C)C2CC(=O)N(c3ccc(C(N)=O)cc3)C2=O)cc1. The third-order valence-electron chi connectivity index (χ3n) is 5.53. The van der Waals surface area contributed by atoms with Crippen LogP contribution in [0, 0.1) is 0 Å². The van der Waals surface area contributed by atoms with Crippen LogP contribution in [0.5, 0.6) is 5.75 Å². The van der Waals surface area contributed by atoms with Gasteiger partial charge in [-0.05, 0) is 53.4 Å². The van der Waals surface area contributed by atoms with Gasteiger partial charge in [-0.1, -0.05) is 0 Å². The van der Waals surface area contributed by atoms with Gasteiger partial charge in [0.25, 0.3) is 5.91 Å². The lowest BCUT2D eigenvalue weighted by atomic mass is 10.2. The Bertz CT molecular complexity index is 1260. The van der Waals surface area contributed by atoms with Gasteiger partial charge in [0.15, 0.2) is 0 Å². The number of anilines is 1. The van der Waals surface area contributed by atoms with Crippen LogP contribution in [0.1, 0.15) is 22.5 Å². The predicted octanol–water partition coefficient (Wildman–Crippen LogP) is 0.116. The van der Waals surface area contributed by atoms with Crippen molar-refractivity contribution in [3.05, 3.63) is 70.2 Å². The van der Waals surface area contributed by atoms with E-state index < -0.39 is 23.5 Å². The van der Waals surface area contributed by atoms with Gasteiger partial charge in [-0.3, -0.25) is 23.8 Å². The number of aromatic nitrogens is 2. The number of nitrogens with one attached hydrogen (secondary N) is 1. The quantitative estimate of drug-likeness (QED) is 0.383. The van der Waals surface area contributed by atoms with Crippen molar-refractivity contribution in [2.24, 2.45) is 5.73 Å². The number of H-pyrrole nitrogens is 1. The Morgan fingerprint density at radius 3 is 2.45 bits per heavy atom. The Morgan fingerprint density at radius 1 is 1.18 bits per heavy atom. The zero-order valence-electron chi connectivity index (χ0n) is 18.0. The number of primary amides is 1. The number of hydrogen-bond acceptors (Lipinski definition) is 7. The van der Waals surface area contributed by atoms with E-state index in [0.29, 0.717) is 17.1 Å². The van der Waals surface area contributed by atoms with Gasteiger partial charge in [-0.25, -0.2) is 9.69 Å². The number of carbonyl (C=O) groups excluding carboxylic acids is 3. The van der Waals surface area contributed by atoms with E-state index in [1.807, 2.05) is 0 Å². The summed E-state index contributed by atoms with van der Waals surface area (Å²) in [5.41, 5.74) is 6.16. The molecule has 1 saturated heterocycles. The van der Waals surface area contributed by atoms with E-state index in [4.69, 9.17) is 15.0 Å². The van der Waals surface area contributed by atoms with Crippen LogP contribution in [-0.4, -0.2) is 48.1 Å². The number of carbonyl (C=O) groups is 3. The van der Waals surface area contributed by atoms with Crippen LogP contribution in [0.4, 0.5) is 5.69 Å². The third kappa shape index (κ3) is 4.13. The standard InChI is InChI=1S/C22H21N5O6/c1-25(12-18-22(31)33-24-27(18)15-7-9-16(32-2)10-8-15)17-11-19(28)26(21(17)30)14-5-3-13(4-6-14)20(23)29/h3-10,17H,11-12H2,1-2H3,(H2-,23,24,29,31)/p+1. The Morgan fingerprint density at radius 2 is 1.85 bits per heavy atom. The van der Waals surface area contributed by atoms with Crippen molar-refractivity contribution in [2.75, 3.05) is 19.1 Å². The Hall–Kier alpha value is -4.25. The summed E-state index contributed by atoms with van der Waals surface area (Å²) in [4.78, 5) is 52.0. The number of aromatic amines is 1. The number of imide groups is 1. The monoisotopic (exact) mass is 452 g/mol. The lowest BCUT2D eigenvalue weighted by molar-refractivity contribution is -0.678. The van der Waals surface area contributed by atoms with Crippen molar-refractivity contribution >= 4 is 23.4 Å². The van der Waals surface area contributed by atoms with Crippen LogP contribution in [-0.2, 0) is 16.1 Å². The molecule has 3 N–H and O–H groups in total. The molecule has 3 aromatic rings. The molecule has 1 aliphatic rings. The summed E-state index contributed by atoms with van der Waals surface area (Å²) >= 11 is 0. The molecule has 0 saturated carbocycles. The van der Waals surface area contributed by atoms with Crippen molar-refractivity contribution in [1.82, 2.24) is 10.2 Å². The molecular formula is C22H22N5O6+. The van der Waals surface area contributed by atoms with Crippen LogP contribution < -0.4 is 25.7 Å². The second-order valence-corrected chi connectivity index (χ2v) is 7.57. The average molecular weight is 452 g/mol. The van der Waals surface area contributed by atoms with E-state index in [2.05, 4.69) is 5.27 Å². The van der Waals surface area contributed by atoms with Crippen LogP contribution in [0.15, 0.2) is 57.8 Å². The summed E-state index contributed by atoms with van der Waals surface area (Å²) in [6.45, 7) is 0.0516. The Kier molecular flexibility index (Phi) is 5.80. The maximum atomic E-state index is 13.1. The number of methoxy groups -OCH3 is 1. The first-order valence-electron chi connectivity index (χ1n) is 10.0. The molecule has 1 atom stereocenters. The van der Waals surface area contributed by atoms with Crippen LogP contribution >= 0.6 is 0 Å². The molecular weight excluding hydrogens is 430 g/mol.